The van der Waals surface area contributed by atoms with Gasteiger partial charge in [0, 0.05) is 12.1 Å². The van der Waals surface area contributed by atoms with Gasteiger partial charge in [-0.05, 0) is 51.7 Å². The van der Waals surface area contributed by atoms with Crippen molar-refractivity contribution in [2.75, 3.05) is 20.1 Å². The number of nitrogens with zero attached hydrogens (tertiary/aromatic N) is 1. The van der Waals surface area contributed by atoms with E-state index < -0.39 is 0 Å². The van der Waals surface area contributed by atoms with Crippen LogP contribution in [0.4, 0.5) is 0 Å². The summed E-state index contributed by atoms with van der Waals surface area (Å²) in [5, 5.41) is 3.55. The average Bonchev–Trinajstić information content (AvgIpc) is 2.98. The van der Waals surface area contributed by atoms with E-state index in [-0.39, 0.29) is 0 Å². The van der Waals surface area contributed by atoms with Crippen LogP contribution >= 0.6 is 0 Å². The van der Waals surface area contributed by atoms with Crippen LogP contribution < -0.4 is 5.32 Å². The Labute approximate surface area is 95.4 Å². The standard InChI is InChI=1S/C13H28N2/c1-10(2)8-14-9-11(3)12(4)15(5)13-6-7-13/h10-14H,6-9H2,1-5H3. The monoisotopic (exact) mass is 212 g/mol. The average molecular weight is 212 g/mol. The first kappa shape index (κ1) is 13.0. The molecule has 2 nitrogen and oxygen atoms in total. The first-order chi connectivity index (χ1) is 7.02. The van der Waals surface area contributed by atoms with E-state index >= 15 is 0 Å². The largest absolute Gasteiger partial charge is 0.316 e. The van der Waals surface area contributed by atoms with E-state index in [4.69, 9.17) is 0 Å². The molecule has 1 aliphatic rings. The van der Waals surface area contributed by atoms with Crippen molar-refractivity contribution in [3.05, 3.63) is 0 Å². The summed E-state index contributed by atoms with van der Waals surface area (Å²) in [5.41, 5.74) is 0. The highest BCUT2D eigenvalue weighted by molar-refractivity contribution is 4.87. The van der Waals surface area contributed by atoms with Gasteiger partial charge in [0.1, 0.15) is 0 Å². The smallest absolute Gasteiger partial charge is 0.0105 e. The fourth-order valence-electron chi connectivity index (χ4n) is 1.99. The minimum Gasteiger partial charge on any atom is -0.316 e. The molecule has 1 aliphatic carbocycles. The second kappa shape index (κ2) is 5.86. The zero-order chi connectivity index (χ0) is 11.4. The van der Waals surface area contributed by atoms with Crippen LogP contribution in [0.3, 0.4) is 0 Å². The van der Waals surface area contributed by atoms with E-state index in [0.717, 1.165) is 31.0 Å². The van der Waals surface area contributed by atoms with Crippen LogP contribution in [0, 0.1) is 11.8 Å². The molecule has 0 aromatic rings. The molecule has 15 heavy (non-hydrogen) atoms. The Kier molecular flexibility index (Phi) is 5.07. The topological polar surface area (TPSA) is 15.3 Å². The minimum atomic E-state index is 0.706. The molecule has 2 atom stereocenters. The normalized spacial score (nSPS) is 21.0. The molecule has 0 amide bonds. The van der Waals surface area contributed by atoms with Crippen LogP contribution in [0.5, 0.6) is 0 Å². The maximum Gasteiger partial charge on any atom is 0.0105 e. The molecule has 1 rings (SSSR count). The quantitative estimate of drug-likeness (QED) is 0.697. The highest BCUT2D eigenvalue weighted by Gasteiger charge is 2.30. The summed E-state index contributed by atoms with van der Waals surface area (Å²) in [4.78, 5) is 2.56. The Balaban J connectivity index is 2.16. The van der Waals surface area contributed by atoms with Crippen LogP contribution in [0.15, 0.2) is 0 Å². The molecule has 0 bridgehead atoms. The Hall–Kier alpha value is -0.0800. The summed E-state index contributed by atoms with van der Waals surface area (Å²) in [6.45, 7) is 11.5. The molecular weight excluding hydrogens is 184 g/mol. The van der Waals surface area contributed by atoms with Crippen LogP contribution in [-0.4, -0.2) is 37.1 Å². The molecule has 90 valence electrons. The van der Waals surface area contributed by atoms with Crippen molar-refractivity contribution in [2.45, 2.75) is 52.6 Å². The van der Waals surface area contributed by atoms with Gasteiger partial charge < -0.3 is 10.2 Å². The Morgan fingerprint density at radius 2 is 1.73 bits per heavy atom. The van der Waals surface area contributed by atoms with E-state index in [2.05, 4.69) is 45.0 Å². The summed E-state index contributed by atoms with van der Waals surface area (Å²) < 4.78 is 0. The van der Waals surface area contributed by atoms with Crippen molar-refractivity contribution < 1.29 is 0 Å². The third kappa shape index (κ3) is 4.52. The van der Waals surface area contributed by atoms with Gasteiger partial charge in [0.25, 0.3) is 0 Å². The van der Waals surface area contributed by atoms with Gasteiger partial charge in [-0.25, -0.2) is 0 Å². The maximum atomic E-state index is 3.55. The summed E-state index contributed by atoms with van der Waals surface area (Å²) in [7, 11) is 2.28. The minimum absolute atomic E-state index is 0.706. The van der Waals surface area contributed by atoms with Crippen molar-refractivity contribution >= 4 is 0 Å². The molecular formula is C13H28N2. The molecule has 1 saturated carbocycles. The number of hydrogen-bond donors (Lipinski definition) is 1. The second-order valence-corrected chi connectivity index (χ2v) is 5.67. The molecule has 0 aromatic heterocycles. The number of nitrogens with one attached hydrogen (secondary N) is 1. The highest BCUT2D eigenvalue weighted by Crippen LogP contribution is 2.28. The predicted octanol–water partition coefficient (Wildman–Crippen LogP) is 2.35. The fraction of sp³-hybridized carbons (Fsp3) is 1.00. The van der Waals surface area contributed by atoms with Gasteiger partial charge in [0.2, 0.25) is 0 Å². The molecule has 0 aromatic carbocycles. The molecule has 0 radical (unpaired) electrons. The van der Waals surface area contributed by atoms with Crippen LogP contribution in [0.2, 0.25) is 0 Å². The molecule has 2 unspecified atom stereocenters. The highest BCUT2D eigenvalue weighted by atomic mass is 15.2. The SMILES string of the molecule is CC(C)CNCC(C)C(C)N(C)C1CC1. The molecule has 0 spiro atoms. The zero-order valence-electron chi connectivity index (χ0n) is 11.1. The summed E-state index contributed by atoms with van der Waals surface area (Å²) in [6.07, 6.45) is 2.82. The molecule has 0 aliphatic heterocycles. The lowest BCUT2D eigenvalue weighted by Gasteiger charge is -2.30. The second-order valence-electron chi connectivity index (χ2n) is 5.67. The Bertz CT molecular complexity index is 175. The van der Waals surface area contributed by atoms with E-state index in [0.29, 0.717) is 6.04 Å². The van der Waals surface area contributed by atoms with Gasteiger partial charge in [-0.2, -0.15) is 0 Å². The summed E-state index contributed by atoms with van der Waals surface area (Å²) in [5.74, 6) is 1.50. The lowest BCUT2D eigenvalue weighted by atomic mass is 10.0. The van der Waals surface area contributed by atoms with Gasteiger partial charge in [-0.1, -0.05) is 20.8 Å². The summed E-state index contributed by atoms with van der Waals surface area (Å²) in [6, 6.07) is 1.59. The third-order valence-electron chi connectivity index (χ3n) is 3.61. The van der Waals surface area contributed by atoms with Gasteiger partial charge in [0.05, 0.1) is 0 Å². The lowest BCUT2D eigenvalue weighted by Crippen LogP contribution is -2.40. The molecule has 1 N–H and O–H groups in total. The van der Waals surface area contributed by atoms with Crippen LogP contribution in [-0.2, 0) is 0 Å². The van der Waals surface area contributed by atoms with Crippen molar-refractivity contribution in [3.8, 4) is 0 Å². The number of hydrogen-bond acceptors (Lipinski definition) is 2. The van der Waals surface area contributed by atoms with Crippen molar-refractivity contribution in [3.63, 3.8) is 0 Å². The summed E-state index contributed by atoms with van der Waals surface area (Å²) >= 11 is 0. The fourth-order valence-corrected chi connectivity index (χ4v) is 1.99. The third-order valence-corrected chi connectivity index (χ3v) is 3.61. The van der Waals surface area contributed by atoms with Gasteiger partial charge in [-0.3, -0.25) is 0 Å². The Morgan fingerprint density at radius 1 is 1.13 bits per heavy atom. The Morgan fingerprint density at radius 3 is 2.20 bits per heavy atom. The van der Waals surface area contributed by atoms with Crippen molar-refractivity contribution in [1.82, 2.24) is 10.2 Å². The predicted molar refractivity (Wildman–Crippen MR) is 67.1 cm³/mol. The molecule has 0 heterocycles. The van der Waals surface area contributed by atoms with E-state index in [1.54, 1.807) is 0 Å². The molecule has 1 fully saturated rings. The van der Waals surface area contributed by atoms with Crippen molar-refractivity contribution in [2.24, 2.45) is 11.8 Å². The van der Waals surface area contributed by atoms with Crippen molar-refractivity contribution in [1.29, 1.82) is 0 Å². The van der Waals surface area contributed by atoms with Gasteiger partial charge in [-0.15, -0.1) is 0 Å². The first-order valence-corrected chi connectivity index (χ1v) is 6.45. The molecule has 2 heteroatoms. The van der Waals surface area contributed by atoms with Gasteiger partial charge in [0.15, 0.2) is 0 Å². The zero-order valence-corrected chi connectivity index (χ0v) is 11.1. The van der Waals surface area contributed by atoms with E-state index in [1.807, 2.05) is 0 Å². The first-order valence-electron chi connectivity index (χ1n) is 6.45. The van der Waals surface area contributed by atoms with Crippen LogP contribution in [0.25, 0.3) is 0 Å². The lowest BCUT2D eigenvalue weighted by molar-refractivity contribution is 0.187. The van der Waals surface area contributed by atoms with Crippen LogP contribution in [0.1, 0.15) is 40.5 Å². The maximum absolute atomic E-state index is 3.55. The van der Waals surface area contributed by atoms with E-state index in [9.17, 15) is 0 Å². The number of rotatable bonds is 7. The van der Waals surface area contributed by atoms with Gasteiger partial charge >= 0.3 is 0 Å². The van der Waals surface area contributed by atoms with E-state index in [1.165, 1.54) is 12.8 Å². The molecule has 0 saturated heterocycles.